The normalized spacial score (nSPS) is 11.1. The zero-order valence-corrected chi connectivity index (χ0v) is 9.19. The molecule has 6 nitrogen and oxygen atoms in total. The minimum Gasteiger partial charge on any atom is -0.369 e. The van der Waals surface area contributed by atoms with Gasteiger partial charge in [-0.25, -0.2) is 0 Å². The van der Waals surface area contributed by atoms with Crippen LogP contribution in [-0.2, 0) is 9.63 Å². The standard InChI is InChI=1S/C9H18N2O4/c1-3-9(4-2,8(10)12)6-5-7-15-11(13)14/h3-7H2,1-2H3,(H2,10,12). The number of rotatable bonds is 8. The summed E-state index contributed by atoms with van der Waals surface area (Å²) in [5.74, 6) is -0.339. The molecule has 0 aliphatic carbocycles. The minimum absolute atomic E-state index is 0.0159. The summed E-state index contributed by atoms with van der Waals surface area (Å²) in [4.78, 5) is 25.3. The summed E-state index contributed by atoms with van der Waals surface area (Å²) < 4.78 is 0. The van der Waals surface area contributed by atoms with Gasteiger partial charge in [0.15, 0.2) is 0 Å². The van der Waals surface area contributed by atoms with Gasteiger partial charge in [0.2, 0.25) is 5.91 Å². The van der Waals surface area contributed by atoms with Gasteiger partial charge in [-0.15, -0.1) is 10.1 Å². The van der Waals surface area contributed by atoms with Gasteiger partial charge in [0.25, 0.3) is 5.09 Å². The third-order valence-corrected chi connectivity index (χ3v) is 2.87. The Labute approximate surface area is 88.9 Å². The molecule has 0 spiro atoms. The fraction of sp³-hybridized carbons (Fsp3) is 0.889. The highest BCUT2D eigenvalue weighted by molar-refractivity contribution is 5.80. The molecule has 1 amide bonds. The Bertz CT molecular complexity index is 226. The van der Waals surface area contributed by atoms with Crippen LogP contribution in [0.15, 0.2) is 0 Å². The average Bonchev–Trinajstić information content (AvgIpc) is 2.18. The molecule has 0 aromatic rings. The van der Waals surface area contributed by atoms with Crippen LogP contribution in [0.25, 0.3) is 0 Å². The van der Waals surface area contributed by atoms with Crippen LogP contribution in [0.1, 0.15) is 39.5 Å². The maximum absolute atomic E-state index is 11.3. The molecule has 0 aliphatic rings. The third kappa shape index (κ3) is 4.14. The maximum atomic E-state index is 11.3. The van der Waals surface area contributed by atoms with Crippen LogP contribution in [0.5, 0.6) is 0 Å². The van der Waals surface area contributed by atoms with Gasteiger partial charge in [0, 0.05) is 5.41 Å². The van der Waals surface area contributed by atoms with Crippen molar-refractivity contribution in [3.05, 3.63) is 10.1 Å². The first-order chi connectivity index (χ1) is 6.98. The van der Waals surface area contributed by atoms with Gasteiger partial charge < -0.3 is 10.6 Å². The van der Waals surface area contributed by atoms with Crippen molar-refractivity contribution in [3.63, 3.8) is 0 Å². The largest absolute Gasteiger partial charge is 0.369 e. The molecule has 2 N–H and O–H groups in total. The molecule has 88 valence electrons. The Balaban J connectivity index is 4.07. The second kappa shape index (κ2) is 6.21. The lowest BCUT2D eigenvalue weighted by molar-refractivity contribution is -0.757. The molecule has 0 rings (SSSR count). The van der Waals surface area contributed by atoms with Crippen molar-refractivity contribution in [3.8, 4) is 0 Å². The van der Waals surface area contributed by atoms with E-state index in [1.54, 1.807) is 0 Å². The van der Waals surface area contributed by atoms with E-state index in [1.807, 2.05) is 13.8 Å². The van der Waals surface area contributed by atoms with Crippen molar-refractivity contribution < 1.29 is 14.7 Å². The van der Waals surface area contributed by atoms with Crippen molar-refractivity contribution in [2.24, 2.45) is 11.1 Å². The second-order valence-corrected chi connectivity index (χ2v) is 3.51. The Morgan fingerprint density at radius 1 is 1.47 bits per heavy atom. The van der Waals surface area contributed by atoms with Crippen LogP contribution in [0.2, 0.25) is 0 Å². The molecule has 0 aromatic heterocycles. The van der Waals surface area contributed by atoms with Crippen LogP contribution in [-0.4, -0.2) is 17.6 Å². The smallest absolute Gasteiger partial charge is 0.294 e. The first kappa shape index (κ1) is 13.7. The number of hydrogen-bond acceptors (Lipinski definition) is 4. The number of carbonyl (C=O) groups excluding carboxylic acids is 1. The molecule has 0 saturated carbocycles. The van der Waals surface area contributed by atoms with Crippen LogP contribution in [0, 0.1) is 15.5 Å². The number of nitrogens with two attached hydrogens (primary N) is 1. The topological polar surface area (TPSA) is 95.5 Å². The van der Waals surface area contributed by atoms with E-state index >= 15 is 0 Å². The van der Waals surface area contributed by atoms with Crippen LogP contribution in [0.3, 0.4) is 0 Å². The van der Waals surface area contributed by atoms with Gasteiger partial charge >= 0.3 is 0 Å². The molecular formula is C9H18N2O4. The minimum atomic E-state index is -0.830. The molecule has 15 heavy (non-hydrogen) atoms. The summed E-state index contributed by atoms with van der Waals surface area (Å²) in [6.07, 6.45) is 2.30. The average molecular weight is 218 g/mol. The summed E-state index contributed by atoms with van der Waals surface area (Å²) in [5, 5.41) is 9.06. The fourth-order valence-corrected chi connectivity index (χ4v) is 1.62. The van der Waals surface area contributed by atoms with Crippen molar-refractivity contribution in [1.29, 1.82) is 0 Å². The first-order valence-electron chi connectivity index (χ1n) is 5.05. The number of nitrogens with zero attached hydrogens (tertiary/aromatic N) is 1. The molecule has 6 heteroatoms. The lowest BCUT2D eigenvalue weighted by Gasteiger charge is -2.27. The molecule has 0 fully saturated rings. The lowest BCUT2D eigenvalue weighted by Crippen LogP contribution is -2.36. The zero-order valence-electron chi connectivity index (χ0n) is 9.19. The Hall–Kier alpha value is -1.33. The number of primary amides is 1. The van der Waals surface area contributed by atoms with E-state index in [1.165, 1.54) is 0 Å². The molecule has 0 unspecified atom stereocenters. The van der Waals surface area contributed by atoms with E-state index < -0.39 is 10.5 Å². The van der Waals surface area contributed by atoms with Crippen molar-refractivity contribution in [2.45, 2.75) is 39.5 Å². The number of carbonyl (C=O) groups is 1. The van der Waals surface area contributed by atoms with Crippen molar-refractivity contribution in [1.82, 2.24) is 0 Å². The SMILES string of the molecule is CCC(CC)(CCCO[N+](=O)[O-])C(N)=O. The van der Waals surface area contributed by atoms with E-state index in [9.17, 15) is 14.9 Å². The highest BCUT2D eigenvalue weighted by Gasteiger charge is 2.31. The van der Waals surface area contributed by atoms with E-state index in [2.05, 4.69) is 4.84 Å². The Morgan fingerprint density at radius 3 is 2.33 bits per heavy atom. The van der Waals surface area contributed by atoms with Gasteiger partial charge in [-0.1, -0.05) is 13.8 Å². The van der Waals surface area contributed by atoms with Crippen LogP contribution < -0.4 is 5.73 Å². The highest BCUT2D eigenvalue weighted by atomic mass is 16.9. The molecular weight excluding hydrogens is 200 g/mol. The van der Waals surface area contributed by atoms with Gasteiger partial charge in [-0.05, 0) is 25.7 Å². The third-order valence-electron chi connectivity index (χ3n) is 2.87. The Kier molecular flexibility index (Phi) is 5.66. The quantitative estimate of drug-likeness (QED) is 0.377. The summed E-state index contributed by atoms with van der Waals surface area (Å²) in [6, 6.07) is 0. The molecule has 0 aromatic carbocycles. The second-order valence-electron chi connectivity index (χ2n) is 3.51. The summed E-state index contributed by atoms with van der Waals surface area (Å²) >= 11 is 0. The van der Waals surface area contributed by atoms with Crippen LogP contribution in [0.4, 0.5) is 0 Å². The summed E-state index contributed by atoms with van der Waals surface area (Å²) in [6.45, 7) is 3.80. The van der Waals surface area contributed by atoms with Gasteiger partial charge in [-0.2, -0.15) is 0 Å². The number of hydrogen-bond donors (Lipinski definition) is 1. The predicted molar refractivity (Wildman–Crippen MR) is 54.4 cm³/mol. The lowest BCUT2D eigenvalue weighted by atomic mass is 9.77. The zero-order chi connectivity index (χ0) is 11.9. The molecule has 0 bridgehead atoms. The van der Waals surface area contributed by atoms with Gasteiger partial charge in [0.1, 0.15) is 0 Å². The molecule has 0 heterocycles. The maximum Gasteiger partial charge on any atom is 0.294 e. The monoisotopic (exact) mass is 218 g/mol. The van der Waals surface area contributed by atoms with E-state index in [4.69, 9.17) is 5.73 Å². The van der Waals surface area contributed by atoms with Crippen LogP contribution >= 0.6 is 0 Å². The summed E-state index contributed by atoms with van der Waals surface area (Å²) in [7, 11) is 0. The van der Waals surface area contributed by atoms with Crippen molar-refractivity contribution in [2.75, 3.05) is 6.61 Å². The van der Waals surface area contributed by atoms with Gasteiger partial charge in [0.05, 0.1) is 6.61 Å². The van der Waals surface area contributed by atoms with Crippen molar-refractivity contribution >= 4 is 5.91 Å². The first-order valence-corrected chi connectivity index (χ1v) is 5.05. The number of amides is 1. The molecule has 0 radical (unpaired) electrons. The molecule has 0 atom stereocenters. The highest BCUT2D eigenvalue weighted by Crippen LogP contribution is 2.31. The fourth-order valence-electron chi connectivity index (χ4n) is 1.62. The predicted octanol–water partition coefficient (Wildman–Crippen LogP) is 1.27. The van der Waals surface area contributed by atoms with Gasteiger partial charge in [-0.3, -0.25) is 4.79 Å². The van der Waals surface area contributed by atoms with E-state index in [-0.39, 0.29) is 12.5 Å². The Morgan fingerprint density at radius 2 is 2.00 bits per heavy atom. The molecule has 0 aliphatic heterocycles. The van der Waals surface area contributed by atoms with E-state index in [0.717, 1.165) is 0 Å². The molecule has 0 saturated heterocycles. The van der Waals surface area contributed by atoms with E-state index in [0.29, 0.717) is 25.7 Å². The summed E-state index contributed by atoms with van der Waals surface area (Å²) in [5.41, 5.74) is 4.78.